The van der Waals surface area contributed by atoms with Crippen LogP contribution in [0.3, 0.4) is 0 Å². The van der Waals surface area contributed by atoms with Crippen LogP contribution < -0.4 is 0 Å². The van der Waals surface area contributed by atoms with Gasteiger partial charge < -0.3 is 4.98 Å². The monoisotopic (exact) mass is 201 g/mol. The Bertz CT molecular complexity index is 508. The molecule has 0 aliphatic rings. The summed E-state index contributed by atoms with van der Waals surface area (Å²) >= 11 is 0. The Labute approximate surface area is 89.3 Å². The van der Waals surface area contributed by atoms with Gasteiger partial charge in [0.05, 0.1) is 0 Å². The first-order valence-electron chi connectivity index (χ1n) is 5.21. The molecule has 0 atom stereocenters. The van der Waals surface area contributed by atoms with Gasteiger partial charge in [-0.05, 0) is 24.5 Å². The van der Waals surface area contributed by atoms with E-state index in [1.165, 1.54) is 0 Å². The third-order valence-electron chi connectivity index (χ3n) is 2.80. The Morgan fingerprint density at radius 3 is 2.67 bits per heavy atom. The molecule has 15 heavy (non-hydrogen) atoms. The van der Waals surface area contributed by atoms with Crippen LogP contribution in [-0.2, 0) is 0 Å². The average molecular weight is 201 g/mol. The molecule has 0 spiro atoms. The Kier molecular flexibility index (Phi) is 2.35. The maximum atomic E-state index is 11.1. The molecule has 0 aliphatic carbocycles. The van der Waals surface area contributed by atoms with Crippen LogP contribution in [0.1, 0.15) is 41.4 Å². The van der Waals surface area contributed by atoms with Crippen molar-refractivity contribution < 1.29 is 4.79 Å². The van der Waals surface area contributed by atoms with Gasteiger partial charge in [-0.25, -0.2) is 0 Å². The topological polar surface area (TPSA) is 32.9 Å². The second kappa shape index (κ2) is 3.54. The van der Waals surface area contributed by atoms with E-state index >= 15 is 0 Å². The molecular weight excluding hydrogens is 186 g/mol. The highest BCUT2D eigenvalue weighted by atomic mass is 16.1. The number of carbonyl (C=O) groups excluding carboxylic acids is 1. The van der Waals surface area contributed by atoms with Gasteiger partial charge in [-0.1, -0.05) is 26.0 Å². The predicted molar refractivity (Wildman–Crippen MR) is 62.5 cm³/mol. The van der Waals surface area contributed by atoms with Crippen molar-refractivity contribution in [3.8, 4) is 0 Å². The van der Waals surface area contributed by atoms with E-state index in [0.717, 1.165) is 34.0 Å². The number of nitrogens with one attached hydrogen (secondary N) is 1. The van der Waals surface area contributed by atoms with Crippen LogP contribution in [0.5, 0.6) is 0 Å². The summed E-state index contributed by atoms with van der Waals surface area (Å²) in [5, 5.41) is 1.07. The van der Waals surface area contributed by atoms with Crippen molar-refractivity contribution in [1.29, 1.82) is 0 Å². The summed E-state index contributed by atoms with van der Waals surface area (Å²) in [7, 11) is 0. The molecular formula is C13H15NO. The molecule has 2 rings (SSSR count). The van der Waals surface area contributed by atoms with Crippen molar-refractivity contribution in [2.45, 2.75) is 26.7 Å². The van der Waals surface area contributed by atoms with Gasteiger partial charge >= 0.3 is 0 Å². The van der Waals surface area contributed by atoms with Crippen LogP contribution in [0.15, 0.2) is 18.2 Å². The molecule has 0 unspecified atom stereocenters. The minimum Gasteiger partial charge on any atom is -0.358 e. The first-order chi connectivity index (χ1) is 7.15. The van der Waals surface area contributed by atoms with Crippen LogP contribution >= 0.6 is 0 Å². The second-order valence-electron chi connectivity index (χ2n) is 4.22. The number of aromatic amines is 1. The third kappa shape index (κ3) is 1.46. The normalized spacial score (nSPS) is 11.2. The third-order valence-corrected chi connectivity index (χ3v) is 2.80. The quantitative estimate of drug-likeness (QED) is 0.742. The first kappa shape index (κ1) is 9.97. The number of carbonyl (C=O) groups is 1. The molecule has 2 aromatic rings. The fourth-order valence-corrected chi connectivity index (χ4v) is 2.05. The van der Waals surface area contributed by atoms with Crippen LogP contribution in [-0.4, -0.2) is 11.3 Å². The van der Waals surface area contributed by atoms with Crippen molar-refractivity contribution in [2.24, 2.45) is 0 Å². The van der Waals surface area contributed by atoms with Gasteiger partial charge in [-0.3, -0.25) is 4.79 Å². The van der Waals surface area contributed by atoms with Crippen LogP contribution in [0.25, 0.3) is 10.9 Å². The van der Waals surface area contributed by atoms with E-state index in [2.05, 4.69) is 18.8 Å². The Morgan fingerprint density at radius 1 is 1.33 bits per heavy atom. The summed E-state index contributed by atoms with van der Waals surface area (Å²) in [6.07, 6.45) is 0.959. The van der Waals surface area contributed by atoms with Crippen molar-refractivity contribution in [3.63, 3.8) is 0 Å². The highest BCUT2D eigenvalue weighted by molar-refractivity contribution is 6.00. The molecule has 0 aliphatic heterocycles. The number of benzene rings is 1. The minimum atomic E-state index is 0.344. The van der Waals surface area contributed by atoms with E-state index < -0.39 is 0 Å². The molecule has 1 N–H and O–H groups in total. The van der Waals surface area contributed by atoms with E-state index in [1.807, 2.05) is 25.1 Å². The highest BCUT2D eigenvalue weighted by Crippen LogP contribution is 2.28. The molecule has 2 nitrogen and oxygen atoms in total. The fraction of sp³-hybridized carbons (Fsp3) is 0.308. The molecule has 2 heteroatoms. The number of fused-ring (bicyclic) bond motifs is 1. The number of aldehydes is 1. The van der Waals surface area contributed by atoms with Gasteiger partial charge in [-0.15, -0.1) is 0 Å². The summed E-state index contributed by atoms with van der Waals surface area (Å²) in [6, 6.07) is 6.06. The molecule has 0 saturated carbocycles. The Balaban J connectivity index is 2.86. The zero-order valence-corrected chi connectivity index (χ0v) is 9.29. The Hall–Kier alpha value is -1.57. The van der Waals surface area contributed by atoms with E-state index in [0.29, 0.717) is 5.92 Å². The maximum absolute atomic E-state index is 11.1. The number of H-pyrrole nitrogens is 1. The summed E-state index contributed by atoms with van der Waals surface area (Å²) in [6.45, 7) is 6.22. The van der Waals surface area contributed by atoms with Crippen molar-refractivity contribution in [1.82, 2.24) is 4.98 Å². The summed E-state index contributed by atoms with van der Waals surface area (Å²) in [5.74, 6) is 0.344. The molecule has 0 fully saturated rings. The zero-order chi connectivity index (χ0) is 11.0. The minimum absolute atomic E-state index is 0.344. The lowest BCUT2D eigenvalue weighted by Crippen LogP contribution is -1.92. The molecule has 1 aromatic heterocycles. The average Bonchev–Trinajstić information content (AvgIpc) is 2.57. The van der Waals surface area contributed by atoms with Crippen molar-refractivity contribution >= 4 is 17.2 Å². The smallest absolute Gasteiger partial charge is 0.152 e. The first-order valence-corrected chi connectivity index (χ1v) is 5.21. The van der Waals surface area contributed by atoms with Gasteiger partial charge in [0.1, 0.15) is 0 Å². The van der Waals surface area contributed by atoms with Crippen LogP contribution in [0, 0.1) is 6.92 Å². The molecule has 1 heterocycles. The van der Waals surface area contributed by atoms with Gasteiger partial charge in [-0.2, -0.15) is 0 Å². The lowest BCUT2D eigenvalue weighted by Gasteiger charge is -2.02. The lowest BCUT2D eigenvalue weighted by atomic mass is 10.0. The molecule has 0 bridgehead atoms. The molecule has 78 valence electrons. The van der Waals surface area contributed by atoms with Crippen molar-refractivity contribution in [2.75, 3.05) is 0 Å². The fourth-order valence-electron chi connectivity index (χ4n) is 2.05. The number of hydrogen-bond donors (Lipinski definition) is 1. The van der Waals surface area contributed by atoms with Crippen LogP contribution in [0.4, 0.5) is 0 Å². The zero-order valence-electron chi connectivity index (χ0n) is 9.29. The largest absolute Gasteiger partial charge is 0.358 e. The van der Waals surface area contributed by atoms with Gasteiger partial charge in [0.15, 0.2) is 6.29 Å². The van der Waals surface area contributed by atoms with E-state index in [1.54, 1.807) is 0 Å². The van der Waals surface area contributed by atoms with E-state index in [9.17, 15) is 4.79 Å². The van der Waals surface area contributed by atoms with Gasteiger partial charge in [0.2, 0.25) is 0 Å². The molecule has 0 amide bonds. The molecule has 0 radical (unpaired) electrons. The number of aryl methyl sites for hydroxylation is 1. The maximum Gasteiger partial charge on any atom is 0.152 e. The number of rotatable bonds is 2. The van der Waals surface area contributed by atoms with E-state index in [4.69, 9.17) is 0 Å². The highest BCUT2D eigenvalue weighted by Gasteiger charge is 2.14. The summed E-state index contributed by atoms with van der Waals surface area (Å²) in [4.78, 5) is 14.5. The number of aromatic nitrogens is 1. The summed E-state index contributed by atoms with van der Waals surface area (Å²) < 4.78 is 0. The summed E-state index contributed by atoms with van der Waals surface area (Å²) in [5.41, 5.74) is 4.06. The predicted octanol–water partition coefficient (Wildman–Crippen LogP) is 3.41. The molecule has 0 saturated heterocycles. The van der Waals surface area contributed by atoms with Gasteiger partial charge in [0.25, 0.3) is 0 Å². The van der Waals surface area contributed by atoms with Crippen molar-refractivity contribution in [3.05, 3.63) is 35.0 Å². The van der Waals surface area contributed by atoms with Gasteiger partial charge in [0, 0.05) is 22.2 Å². The Morgan fingerprint density at radius 2 is 2.07 bits per heavy atom. The number of hydrogen-bond acceptors (Lipinski definition) is 1. The van der Waals surface area contributed by atoms with E-state index in [-0.39, 0.29) is 0 Å². The molecule has 1 aromatic carbocycles. The van der Waals surface area contributed by atoms with Crippen LogP contribution in [0.2, 0.25) is 0 Å². The second-order valence-corrected chi connectivity index (χ2v) is 4.22. The standard InChI is InChI=1S/C13H15NO/c1-8(2)13-10(7-15)12-9(3)5-4-6-11(12)14-13/h4-8,14H,1-3H3. The SMILES string of the molecule is Cc1cccc2[nH]c(C(C)C)c(C=O)c12. The lowest BCUT2D eigenvalue weighted by molar-refractivity contribution is 0.112.